The van der Waals surface area contributed by atoms with Crippen LogP contribution in [0.5, 0.6) is 5.75 Å². The molecule has 0 spiro atoms. The Labute approximate surface area is 132 Å². The van der Waals surface area contributed by atoms with E-state index in [9.17, 15) is 14.7 Å². The van der Waals surface area contributed by atoms with Crippen molar-refractivity contribution >= 4 is 23.4 Å². The molecule has 3 N–H and O–H groups in total. The summed E-state index contributed by atoms with van der Waals surface area (Å²) in [6.07, 6.45) is 0. The van der Waals surface area contributed by atoms with E-state index in [2.05, 4.69) is 10.6 Å². The third kappa shape index (κ3) is 4.23. The van der Waals surface area contributed by atoms with Crippen molar-refractivity contribution in [2.45, 2.75) is 0 Å². The van der Waals surface area contributed by atoms with E-state index < -0.39 is 5.91 Å². The largest absolute Gasteiger partial charge is 0.507 e. The maximum absolute atomic E-state index is 11.8. The first-order chi connectivity index (χ1) is 10.6. The highest BCUT2D eigenvalue weighted by molar-refractivity contribution is 6.30. The van der Waals surface area contributed by atoms with Crippen LogP contribution in [0.3, 0.4) is 0 Å². The summed E-state index contributed by atoms with van der Waals surface area (Å²) in [6, 6.07) is 12.9. The zero-order valence-corrected chi connectivity index (χ0v) is 12.4. The smallest absolute Gasteiger partial charge is 0.255 e. The van der Waals surface area contributed by atoms with E-state index in [-0.39, 0.29) is 30.3 Å². The minimum absolute atomic E-state index is 0.0806. The fourth-order valence-corrected chi connectivity index (χ4v) is 2.04. The number of phenolic OH excluding ortho intramolecular Hbond substituents is 1. The van der Waals surface area contributed by atoms with Crippen LogP contribution in [0, 0.1) is 0 Å². The van der Waals surface area contributed by atoms with Crippen LogP contribution in [0.15, 0.2) is 48.5 Å². The molecule has 0 radical (unpaired) electrons. The van der Waals surface area contributed by atoms with Crippen molar-refractivity contribution in [3.8, 4) is 5.75 Å². The van der Waals surface area contributed by atoms with E-state index in [0.717, 1.165) is 0 Å². The van der Waals surface area contributed by atoms with E-state index in [1.807, 2.05) is 0 Å². The van der Waals surface area contributed by atoms with Crippen LogP contribution in [0.2, 0.25) is 5.02 Å². The van der Waals surface area contributed by atoms with Crippen molar-refractivity contribution in [3.05, 3.63) is 64.7 Å². The number of halogens is 1. The number of aromatic hydroxyl groups is 1. The van der Waals surface area contributed by atoms with Crippen LogP contribution >= 0.6 is 11.6 Å². The topological polar surface area (TPSA) is 78.4 Å². The molecule has 0 aliphatic carbocycles. The van der Waals surface area contributed by atoms with Gasteiger partial charge in [0.25, 0.3) is 11.8 Å². The standard InChI is InChI=1S/C16H15ClN2O3/c17-12-5-3-4-11(10-12)15(21)18-8-9-19-16(22)13-6-1-2-7-14(13)20/h1-7,10,20H,8-9H2,(H,18,21)(H,19,22). The molecule has 0 saturated carbocycles. The van der Waals surface area contributed by atoms with Gasteiger partial charge in [0, 0.05) is 23.7 Å². The molecule has 0 heterocycles. The van der Waals surface area contributed by atoms with Crippen LogP contribution in [-0.2, 0) is 0 Å². The molecule has 22 heavy (non-hydrogen) atoms. The summed E-state index contributed by atoms with van der Waals surface area (Å²) in [5.74, 6) is -0.739. The Hall–Kier alpha value is -2.53. The van der Waals surface area contributed by atoms with Gasteiger partial charge in [-0.3, -0.25) is 9.59 Å². The third-order valence-electron chi connectivity index (χ3n) is 2.93. The highest BCUT2D eigenvalue weighted by Gasteiger charge is 2.09. The Morgan fingerprint density at radius 2 is 1.64 bits per heavy atom. The Kier molecular flexibility index (Phi) is 5.38. The number of para-hydroxylation sites is 1. The van der Waals surface area contributed by atoms with Crippen molar-refractivity contribution in [2.24, 2.45) is 0 Å². The van der Waals surface area contributed by atoms with Gasteiger partial charge in [0.2, 0.25) is 0 Å². The van der Waals surface area contributed by atoms with E-state index >= 15 is 0 Å². The minimum Gasteiger partial charge on any atom is -0.507 e. The fourth-order valence-electron chi connectivity index (χ4n) is 1.84. The normalized spacial score (nSPS) is 10.0. The minimum atomic E-state index is -0.393. The lowest BCUT2D eigenvalue weighted by Gasteiger charge is -2.08. The molecule has 0 atom stereocenters. The number of hydrogen-bond acceptors (Lipinski definition) is 3. The lowest BCUT2D eigenvalue weighted by molar-refractivity contribution is 0.0926. The van der Waals surface area contributed by atoms with Gasteiger partial charge in [0.1, 0.15) is 5.75 Å². The van der Waals surface area contributed by atoms with Crippen LogP contribution < -0.4 is 10.6 Å². The summed E-state index contributed by atoms with van der Waals surface area (Å²) in [7, 11) is 0. The lowest BCUT2D eigenvalue weighted by Crippen LogP contribution is -2.34. The third-order valence-corrected chi connectivity index (χ3v) is 3.17. The van der Waals surface area contributed by atoms with E-state index in [4.69, 9.17) is 11.6 Å². The molecule has 5 nitrogen and oxygen atoms in total. The second-order valence-electron chi connectivity index (χ2n) is 4.54. The molecule has 0 saturated heterocycles. The summed E-state index contributed by atoms with van der Waals surface area (Å²) < 4.78 is 0. The van der Waals surface area contributed by atoms with Gasteiger partial charge in [-0.1, -0.05) is 29.8 Å². The first-order valence-corrected chi connectivity index (χ1v) is 7.05. The molecule has 2 aromatic carbocycles. The Morgan fingerprint density at radius 3 is 2.32 bits per heavy atom. The van der Waals surface area contributed by atoms with E-state index in [1.165, 1.54) is 12.1 Å². The molecule has 0 aliphatic rings. The van der Waals surface area contributed by atoms with Crippen molar-refractivity contribution in [1.29, 1.82) is 0 Å². The number of carbonyl (C=O) groups excluding carboxylic acids is 2. The van der Waals surface area contributed by atoms with E-state index in [1.54, 1.807) is 36.4 Å². The van der Waals surface area contributed by atoms with Gasteiger partial charge in [0.05, 0.1) is 5.56 Å². The average molecular weight is 319 g/mol. The number of carbonyl (C=O) groups is 2. The summed E-state index contributed by atoms with van der Waals surface area (Å²) in [5, 5.41) is 15.3. The summed E-state index contributed by atoms with van der Waals surface area (Å²) in [4.78, 5) is 23.7. The first kappa shape index (κ1) is 15.9. The van der Waals surface area contributed by atoms with Gasteiger partial charge < -0.3 is 15.7 Å². The molecule has 0 aliphatic heterocycles. The maximum atomic E-state index is 11.8. The Morgan fingerprint density at radius 1 is 0.955 bits per heavy atom. The van der Waals surface area contributed by atoms with Crippen molar-refractivity contribution in [2.75, 3.05) is 13.1 Å². The molecule has 2 rings (SSSR count). The lowest BCUT2D eigenvalue weighted by atomic mass is 10.2. The van der Waals surface area contributed by atoms with Gasteiger partial charge in [-0.05, 0) is 30.3 Å². The van der Waals surface area contributed by atoms with Gasteiger partial charge in [-0.25, -0.2) is 0 Å². The Balaban J connectivity index is 1.79. The van der Waals surface area contributed by atoms with Crippen molar-refractivity contribution in [1.82, 2.24) is 10.6 Å². The summed E-state index contributed by atoms with van der Waals surface area (Å²) in [6.45, 7) is 0.518. The molecular formula is C16H15ClN2O3. The van der Waals surface area contributed by atoms with Gasteiger partial charge in [-0.15, -0.1) is 0 Å². The summed E-state index contributed by atoms with van der Waals surface area (Å²) in [5.41, 5.74) is 0.656. The molecule has 0 bridgehead atoms. The number of nitrogens with one attached hydrogen (secondary N) is 2. The zero-order chi connectivity index (χ0) is 15.9. The predicted molar refractivity (Wildman–Crippen MR) is 84.2 cm³/mol. The molecule has 114 valence electrons. The zero-order valence-electron chi connectivity index (χ0n) is 11.7. The van der Waals surface area contributed by atoms with Crippen LogP contribution in [-0.4, -0.2) is 30.0 Å². The quantitative estimate of drug-likeness (QED) is 0.740. The van der Waals surface area contributed by atoms with Gasteiger partial charge in [-0.2, -0.15) is 0 Å². The van der Waals surface area contributed by atoms with Crippen molar-refractivity contribution in [3.63, 3.8) is 0 Å². The second-order valence-corrected chi connectivity index (χ2v) is 4.98. The fraction of sp³-hybridized carbons (Fsp3) is 0.125. The highest BCUT2D eigenvalue weighted by Crippen LogP contribution is 2.14. The van der Waals surface area contributed by atoms with E-state index in [0.29, 0.717) is 10.6 Å². The second kappa shape index (κ2) is 7.47. The number of rotatable bonds is 5. The predicted octanol–water partition coefficient (Wildman–Crippen LogP) is 2.21. The molecular weight excluding hydrogens is 304 g/mol. The average Bonchev–Trinajstić information content (AvgIpc) is 2.51. The SMILES string of the molecule is O=C(NCCNC(=O)c1ccccc1O)c1cccc(Cl)c1. The molecule has 0 unspecified atom stereocenters. The molecule has 6 heteroatoms. The Bertz CT molecular complexity index is 689. The molecule has 0 aromatic heterocycles. The van der Waals surface area contributed by atoms with Crippen LogP contribution in [0.1, 0.15) is 20.7 Å². The number of benzene rings is 2. The van der Waals surface area contributed by atoms with Gasteiger partial charge >= 0.3 is 0 Å². The number of amides is 2. The first-order valence-electron chi connectivity index (χ1n) is 6.68. The van der Waals surface area contributed by atoms with Crippen LogP contribution in [0.4, 0.5) is 0 Å². The van der Waals surface area contributed by atoms with Crippen molar-refractivity contribution < 1.29 is 14.7 Å². The number of hydrogen-bond donors (Lipinski definition) is 3. The molecule has 2 aromatic rings. The maximum Gasteiger partial charge on any atom is 0.255 e. The monoisotopic (exact) mass is 318 g/mol. The van der Waals surface area contributed by atoms with Gasteiger partial charge in [0.15, 0.2) is 0 Å². The van der Waals surface area contributed by atoms with Crippen LogP contribution in [0.25, 0.3) is 0 Å². The molecule has 0 fully saturated rings. The highest BCUT2D eigenvalue weighted by atomic mass is 35.5. The summed E-state index contributed by atoms with van der Waals surface area (Å²) >= 11 is 5.81. The molecule has 2 amide bonds. The number of phenols is 1.